The summed E-state index contributed by atoms with van der Waals surface area (Å²) in [6, 6.07) is 14.1. The maximum absolute atomic E-state index is 14.0. The number of piperazine rings is 1. The van der Waals surface area contributed by atoms with Crippen LogP contribution in [0.1, 0.15) is 42.4 Å². The number of hydrogen-bond donors (Lipinski definition) is 0. The molecule has 0 spiro atoms. The molecule has 2 aromatic carbocycles. The molecule has 5 nitrogen and oxygen atoms in total. The van der Waals surface area contributed by atoms with E-state index in [-0.39, 0.29) is 5.41 Å². The van der Waals surface area contributed by atoms with Gasteiger partial charge in [-0.1, -0.05) is 45.0 Å². The Morgan fingerprint density at radius 2 is 1.61 bits per heavy atom. The minimum atomic E-state index is -0.816. The van der Waals surface area contributed by atoms with Crippen molar-refractivity contribution in [2.24, 2.45) is 7.05 Å². The van der Waals surface area contributed by atoms with Crippen molar-refractivity contribution in [1.82, 2.24) is 19.6 Å². The van der Waals surface area contributed by atoms with Gasteiger partial charge in [-0.15, -0.1) is 0 Å². The number of carbonyl (C=O) groups excluding carboxylic acids is 1. The molecule has 0 N–H and O–H groups in total. The first-order valence-corrected chi connectivity index (χ1v) is 11.2. The minimum absolute atomic E-state index is 0.0175. The van der Waals surface area contributed by atoms with Crippen molar-refractivity contribution in [3.05, 3.63) is 77.0 Å². The molecule has 1 aromatic heterocycles. The van der Waals surface area contributed by atoms with Gasteiger partial charge in [0.2, 0.25) is 0 Å². The second-order valence-corrected chi connectivity index (χ2v) is 9.65. The van der Waals surface area contributed by atoms with Gasteiger partial charge in [0.1, 0.15) is 17.2 Å². The van der Waals surface area contributed by atoms with Crippen LogP contribution in [0.15, 0.2) is 48.5 Å². The predicted molar refractivity (Wildman–Crippen MR) is 125 cm³/mol. The van der Waals surface area contributed by atoms with E-state index in [9.17, 15) is 13.6 Å². The van der Waals surface area contributed by atoms with Gasteiger partial charge in [0.15, 0.2) is 0 Å². The number of aryl methyl sites for hydroxylation is 1. The largest absolute Gasteiger partial charge is 0.336 e. The van der Waals surface area contributed by atoms with E-state index in [0.717, 1.165) is 35.6 Å². The highest BCUT2D eigenvalue weighted by molar-refractivity contribution is 5.94. The summed E-state index contributed by atoms with van der Waals surface area (Å²) in [5.41, 5.74) is 3.93. The zero-order valence-electron chi connectivity index (χ0n) is 19.6. The Morgan fingerprint density at radius 3 is 2.21 bits per heavy atom. The predicted octanol–water partition coefficient (Wildman–Crippen LogP) is 4.62. The van der Waals surface area contributed by atoms with Crippen molar-refractivity contribution >= 4 is 5.91 Å². The Kier molecular flexibility index (Phi) is 6.34. The Labute approximate surface area is 193 Å². The van der Waals surface area contributed by atoms with Crippen LogP contribution in [0.2, 0.25) is 0 Å². The molecule has 1 fully saturated rings. The van der Waals surface area contributed by atoms with Gasteiger partial charge < -0.3 is 4.90 Å². The van der Waals surface area contributed by atoms with Crippen LogP contribution in [0.5, 0.6) is 0 Å². The summed E-state index contributed by atoms with van der Waals surface area (Å²) in [5, 5.41) is 4.68. The molecule has 4 rings (SSSR count). The molecule has 33 heavy (non-hydrogen) atoms. The summed E-state index contributed by atoms with van der Waals surface area (Å²) in [7, 11) is 1.96. The van der Waals surface area contributed by atoms with Gasteiger partial charge in [-0.3, -0.25) is 14.4 Å². The zero-order chi connectivity index (χ0) is 23.8. The average Bonchev–Trinajstić information content (AvgIpc) is 3.16. The number of benzene rings is 2. The number of hydrogen-bond acceptors (Lipinski definition) is 3. The molecule has 1 saturated heterocycles. The lowest BCUT2D eigenvalue weighted by molar-refractivity contribution is 0.0619. The lowest BCUT2D eigenvalue weighted by atomic mass is 9.92. The maximum Gasteiger partial charge on any atom is 0.259 e. The van der Waals surface area contributed by atoms with E-state index in [4.69, 9.17) is 0 Å². The third-order valence-corrected chi connectivity index (χ3v) is 6.11. The van der Waals surface area contributed by atoms with Gasteiger partial charge in [0, 0.05) is 50.7 Å². The summed E-state index contributed by atoms with van der Waals surface area (Å²) in [4.78, 5) is 16.4. The van der Waals surface area contributed by atoms with Crippen LogP contribution in [-0.4, -0.2) is 51.7 Å². The Morgan fingerprint density at radius 1 is 0.970 bits per heavy atom. The van der Waals surface area contributed by atoms with E-state index in [1.54, 1.807) is 0 Å². The molecule has 3 aromatic rings. The first-order chi connectivity index (χ1) is 15.6. The minimum Gasteiger partial charge on any atom is -0.336 e. The van der Waals surface area contributed by atoms with Crippen LogP contribution in [-0.2, 0) is 19.0 Å². The van der Waals surface area contributed by atoms with Crippen LogP contribution in [0.3, 0.4) is 0 Å². The van der Waals surface area contributed by atoms with Crippen LogP contribution in [0.4, 0.5) is 8.78 Å². The lowest BCUT2D eigenvalue weighted by Gasteiger charge is -2.35. The van der Waals surface area contributed by atoms with Crippen LogP contribution >= 0.6 is 0 Å². The van der Waals surface area contributed by atoms with E-state index in [1.807, 2.05) is 11.7 Å². The van der Waals surface area contributed by atoms with Crippen molar-refractivity contribution in [3.63, 3.8) is 0 Å². The highest BCUT2D eigenvalue weighted by Crippen LogP contribution is 2.27. The summed E-state index contributed by atoms with van der Waals surface area (Å²) in [6.07, 6.45) is 0. The molecular weight excluding hydrogens is 422 g/mol. The molecule has 174 valence electrons. The van der Waals surface area contributed by atoms with Crippen LogP contribution < -0.4 is 0 Å². The second-order valence-electron chi connectivity index (χ2n) is 9.65. The molecule has 1 amide bonds. The van der Waals surface area contributed by atoms with Gasteiger partial charge >= 0.3 is 0 Å². The summed E-state index contributed by atoms with van der Waals surface area (Å²) < 4.78 is 29.9. The van der Waals surface area contributed by atoms with Crippen molar-refractivity contribution in [1.29, 1.82) is 0 Å². The first kappa shape index (κ1) is 23.1. The highest BCUT2D eigenvalue weighted by atomic mass is 19.1. The van der Waals surface area contributed by atoms with Gasteiger partial charge in [0.25, 0.3) is 5.91 Å². The lowest BCUT2D eigenvalue weighted by Crippen LogP contribution is -2.48. The smallest absolute Gasteiger partial charge is 0.259 e. The summed E-state index contributed by atoms with van der Waals surface area (Å²) in [5.74, 6) is -2.22. The molecule has 0 atom stereocenters. The van der Waals surface area contributed by atoms with Crippen molar-refractivity contribution in [3.8, 4) is 11.3 Å². The van der Waals surface area contributed by atoms with Crippen molar-refractivity contribution < 1.29 is 13.6 Å². The quantitative estimate of drug-likeness (QED) is 0.580. The van der Waals surface area contributed by atoms with E-state index in [2.05, 4.69) is 61.1 Å². The van der Waals surface area contributed by atoms with E-state index in [0.29, 0.717) is 26.2 Å². The Hall–Kier alpha value is -3.06. The number of carbonyl (C=O) groups is 1. The van der Waals surface area contributed by atoms with E-state index >= 15 is 0 Å². The number of rotatable bonds is 4. The molecule has 7 heteroatoms. The van der Waals surface area contributed by atoms with Crippen molar-refractivity contribution in [2.45, 2.75) is 32.7 Å². The van der Waals surface area contributed by atoms with Crippen molar-refractivity contribution in [2.75, 3.05) is 26.2 Å². The molecule has 0 aliphatic carbocycles. The van der Waals surface area contributed by atoms with Gasteiger partial charge in [-0.25, -0.2) is 8.78 Å². The average molecular weight is 453 g/mol. The van der Waals surface area contributed by atoms with E-state index < -0.39 is 23.1 Å². The fraction of sp³-hybridized carbons (Fsp3) is 0.385. The van der Waals surface area contributed by atoms with Crippen LogP contribution in [0, 0.1) is 11.6 Å². The highest BCUT2D eigenvalue weighted by Gasteiger charge is 2.26. The molecule has 1 aliphatic rings. The normalized spacial score (nSPS) is 15.2. The zero-order valence-corrected chi connectivity index (χ0v) is 19.6. The third kappa shape index (κ3) is 4.98. The molecular formula is C26H30F2N4O. The molecule has 0 saturated carbocycles. The Bertz CT molecular complexity index is 1140. The molecule has 0 unspecified atom stereocenters. The molecule has 0 bridgehead atoms. The standard InChI is InChI=1S/C26H30F2N4O/c1-26(2,3)23-16-22(30(4)29-23)19-8-5-7-18(15-19)17-31-11-13-32(14-12-31)25(33)24-20(27)9-6-10-21(24)28/h5-10,15-16H,11-14,17H2,1-4H3. The summed E-state index contributed by atoms with van der Waals surface area (Å²) in [6.45, 7) is 9.36. The maximum atomic E-state index is 14.0. The van der Waals surface area contributed by atoms with Gasteiger partial charge in [0.05, 0.1) is 11.4 Å². The molecule has 2 heterocycles. The fourth-order valence-electron chi connectivity index (χ4n) is 4.16. The SMILES string of the molecule is Cn1nc(C(C)(C)C)cc1-c1cccc(CN2CCN(C(=O)c3c(F)cccc3F)CC2)c1. The third-order valence-electron chi connectivity index (χ3n) is 6.11. The first-order valence-electron chi connectivity index (χ1n) is 11.2. The monoisotopic (exact) mass is 452 g/mol. The Balaban J connectivity index is 1.42. The second kappa shape index (κ2) is 9.06. The van der Waals surface area contributed by atoms with Gasteiger partial charge in [-0.05, 0) is 29.8 Å². The number of nitrogens with zero attached hydrogens (tertiary/aromatic N) is 4. The number of amides is 1. The number of aromatic nitrogens is 2. The van der Waals surface area contributed by atoms with Crippen LogP contribution in [0.25, 0.3) is 11.3 Å². The fourth-order valence-corrected chi connectivity index (χ4v) is 4.16. The summed E-state index contributed by atoms with van der Waals surface area (Å²) >= 11 is 0. The molecule has 0 radical (unpaired) electrons. The molecule has 1 aliphatic heterocycles. The topological polar surface area (TPSA) is 41.4 Å². The van der Waals surface area contributed by atoms with E-state index in [1.165, 1.54) is 16.5 Å². The van der Waals surface area contributed by atoms with Gasteiger partial charge in [-0.2, -0.15) is 5.10 Å². The number of halogens is 2.